The highest BCUT2D eigenvalue weighted by Gasteiger charge is 2.04. The van der Waals surface area contributed by atoms with Crippen LogP contribution in [0.5, 0.6) is 0 Å². The molecule has 0 heterocycles. The molecule has 1 aromatic carbocycles. The van der Waals surface area contributed by atoms with E-state index in [9.17, 15) is 9.59 Å². The third-order valence-electron chi connectivity index (χ3n) is 2.77. The van der Waals surface area contributed by atoms with Gasteiger partial charge >= 0.3 is 11.9 Å². The van der Waals surface area contributed by atoms with Crippen LogP contribution in [0.3, 0.4) is 0 Å². The monoisotopic (exact) mass is 346 g/mol. The second kappa shape index (κ2) is 14.9. The smallest absolute Gasteiger partial charge is 0.337 e. The molecule has 0 amide bonds. The fourth-order valence-electron chi connectivity index (χ4n) is 1.44. The molecule has 25 heavy (non-hydrogen) atoms. The first-order chi connectivity index (χ1) is 12.0. The molecule has 0 fully saturated rings. The van der Waals surface area contributed by atoms with Gasteiger partial charge in [-0.25, -0.2) is 9.59 Å². The molecule has 0 atom stereocenters. The molecule has 0 aromatic heterocycles. The number of unbranched alkanes of at least 4 members (excludes halogenated alkanes) is 1. The normalized spacial score (nSPS) is 9.68. The van der Waals surface area contributed by atoms with Crippen LogP contribution in [0.2, 0.25) is 0 Å². The number of benzene rings is 1. The number of esters is 2. The summed E-state index contributed by atoms with van der Waals surface area (Å²) < 4.78 is 9.38. The number of ether oxygens (including phenoxy) is 2. The van der Waals surface area contributed by atoms with E-state index in [1.54, 1.807) is 6.08 Å². The van der Waals surface area contributed by atoms with E-state index in [4.69, 9.17) is 9.84 Å². The van der Waals surface area contributed by atoms with E-state index in [1.165, 1.54) is 0 Å². The fraction of sp³-hybridized carbons (Fsp3) is 0.300. The Morgan fingerprint density at radius 2 is 1.84 bits per heavy atom. The van der Waals surface area contributed by atoms with Crippen molar-refractivity contribution < 1.29 is 24.2 Å². The van der Waals surface area contributed by atoms with E-state index >= 15 is 0 Å². The largest absolute Gasteiger partial charge is 0.462 e. The van der Waals surface area contributed by atoms with Gasteiger partial charge in [0.15, 0.2) is 0 Å². The van der Waals surface area contributed by atoms with E-state index in [-0.39, 0.29) is 19.2 Å². The number of carbonyl (C=O) groups excluding carboxylic acids is 2. The zero-order chi connectivity index (χ0) is 18.9. The molecule has 1 aromatic rings. The quantitative estimate of drug-likeness (QED) is 0.321. The Morgan fingerprint density at radius 1 is 1.16 bits per heavy atom. The van der Waals surface area contributed by atoms with Gasteiger partial charge in [-0.05, 0) is 18.1 Å². The summed E-state index contributed by atoms with van der Waals surface area (Å²) >= 11 is 0. The summed E-state index contributed by atoms with van der Waals surface area (Å²) in [4.78, 5) is 21.6. The lowest BCUT2D eigenvalue weighted by molar-refractivity contribution is -0.139. The van der Waals surface area contributed by atoms with Crippen LogP contribution in [-0.4, -0.2) is 36.9 Å². The van der Waals surface area contributed by atoms with Gasteiger partial charge in [-0.1, -0.05) is 62.9 Å². The minimum atomic E-state index is -0.501. The Labute approximate surface area is 149 Å². The van der Waals surface area contributed by atoms with Crippen molar-refractivity contribution in [2.75, 3.05) is 19.8 Å². The first-order valence-electron chi connectivity index (χ1n) is 8.04. The predicted octanol–water partition coefficient (Wildman–Crippen LogP) is 3.31. The molecule has 0 saturated carbocycles. The Kier molecular flexibility index (Phi) is 13.3. The highest BCUT2D eigenvalue weighted by atomic mass is 16.5. The molecule has 0 aliphatic carbocycles. The molecule has 0 unspecified atom stereocenters. The van der Waals surface area contributed by atoms with Crippen molar-refractivity contribution in [1.29, 1.82) is 0 Å². The molecule has 0 bridgehead atoms. The lowest BCUT2D eigenvalue weighted by atomic mass is 10.2. The maximum absolute atomic E-state index is 11.5. The van der Waals surface area contributed by atoms with Crippen LogP contribution in [0.15, 0.2) is 61.2 Å². The summed E-state index contributed by atoms with van der Waals surface area (Å²) in [5, 5.41) is 8.10. The van der Waals surface area contributed by atoms with E-state index < -0.39 is 5.97 Å². The summed E-state index contributed by atoms with van der Waals surface area (Å²) in [5.41, 5.74) is 1.42. The van der Waals surface area contributed by atoms with Gasteiger partial charge in [0.05, 0.1) is 18.8 Å². The molecule has 0 aliphatic rings. The zero-order valence-corrected chi connectivity index (χ0v) is 14.6. The van der Waals surface area contributed by atoms with Crippen LogP contribution in [0.25, 0.3) is 6.08 Å². The van der Waals surface area contributed by atoms with Crippen LogP contribution >= 0.6 is 0 Å². The first kappa shape index (κ1) is 22.3. The van der Waals surface area contributed by atoms with Crippen molar-refractivity contribution in [2.45, 2.75) is 19.8 Å². The van der Waals surface area contributed by atoms with E-state index in [0.29, 0.717) is 12.2 Å². The maximum Gasteiger partial charge on any atom is 0.337 e. The Hall–Kier alpha value is -2.66. The highest BCUT2D eigenvalue weighted by molar-refractivity contribution is 5.92. The van der Waals surface area contributed by atoms with Gasteiger partial charge in [0, 0.05) is 6.08 Å². The number of hydrogen-bond acceptors (Lipinski definition) is 5. The van der Waals surface area contributed by atoms with Crippen molar-refractivity contribution in [3.05, 3.63) is 66.8 Å². The molecular formula is C20H26O5. The average Bonchev–Trinajstić information content (AvgIpc) is 2.65. The van der Waals surface area contributed by atoms with Gasteiger partial charge in [-0.2, -0.15) is 0 Å². The number of carbonyl (C=O) groups is 2. The third kappa shape index (κ3) is 12.4. The number of hydrogen-bond donors (Lipinski definition) is 1. The summed E-state index contributed by atoms with van der Waals surface area (Å²) in [6, 6.07) is 9.77. The predicted molar refractivity (Wildman–Crippen MR) is 98.7 cm³/mol. The molecular weight excluding hydrogens is 320 g/mol. The second-order valence-electron chi connectivity index (χ2n) is 4.85. The van der Waals surface area contributed by atoms with Gasteiger partial charge < -0.3 is 14.6 Å². The molecule has 1 rings (SSSR count). The Bertz CT molecular complexity index is 561. The van der Waals surface area contributed by atoms with Crippen LogP contribution in [0.1, 0.15) is 25.3 Å². The Balaban J connectivity index is 0.000000609. The summed E-state index contributed by atoms with van der Waals surface area (Å²) in [7, 11) is 0. The summed E-state index contributed by atoms with van der Waals surface area (Å²) in [6.07, 6.45) is 6.49. The SMILES string of the molecule is C=C(C=Cc1ccccc1)C(=O)OCCCC.C=CC(=O)OCCO. The second-order valence-corrected chi connectivity index (χ2v) is 4.85. The van der Waals surface area contributed by atoms with Gasteiger partial charge in [0.1, 0.15) is 6.61 Å². The van der Waals surface area contributed by atoms with Crippen LogP contribution in [0.4, 0.5) is 0 Å². The van der Waals surface area contributed by atoms with Gasteiger partial charge in [-0.3, -0.25) is 0 Å². The van der Waals surface area contributed by atoms with Crippen LogP contribution in [-0.2, 0) is 19.1 Å². The molecule has 5 heteroatoms. The van der Waals surface area contributed by atoms with E-state index in [0.717, 1.165) is 24.5 Å². The van der Waals surface area contributed by atoms with E-state index in [1.807, 2.05) is 36.4 Å². The summed E-state index contributed by atoms with van der Waals surface area (Å²) in [6.45, 7) is 9.27. The van der Waals surface area contributed by atoms with Crippen molar-refractivity contribution in [3.8, 4) is 0 Å². The molecule has 0 aliphatic heterocycles. The van der Waals surface area contributed by atoms with Gasteiger partial charge in [-0.15, -0.1) is 0 Å². The van der Waals surface area contributed by atoms with Crippen molar-refractivity contribution in [3.63, 3.8) is 0 Å². The maximum atomic E-state index is 11.5. The molecule has 136 valence electrons. The molecule has 5 nitrogen and oxygen atoms in total. The van der Waals surface area contributed by atoms with Crippen molar-refractivity contribution in [1.82, 2.24) is 0 Å². The lowest BCUT2D eigenvalue weighted by Crippen LogP contribution is -2.06. The van der Waals surface area contributed by atoms with Gasteiger partial charge in [0.2, 0.25) is 0 Å². The number of aliphatic hydroxyl groups excluding tert-OH is 1. The van der Waals surface area contributed by atoms with Crippen LogP contribution in [0, 0.1) is 0 Å². The minimum Gasteiger partial charge on any atom is -0.462 e. The zero-order valence-electron chi connectivity index (χ0n) is 14.6. The highest BCUT2D eigenvalue weighted by Crippen LogP contribution is 2.05. The van der Waals surface area contributed by atoms with Crippen molar-refractivity contribution in [2.24, 2.45) is 0 Å². The molecule has 0 saturated heterocycles. The molecule has 0 radical (unpaired) electrons. The number of rotatable bonds is 9. The van der Waals surface area contributed by atoms with Gasteiger partial charge in [0.25, 0.3) is 0 Å². The lowest BCUT2D eigenvalue weighted by Gasteiger charge is -2.02. The van der Waals surface area contributed by atoms with E-state index in [2.05, 4.69) is 24.8 Å². The molecule has 1 N–H and O–H groups in total. The summed E-state index contributed by atoms with van der Waals surface area (Å²) in [5.74, 6) is -0.843. The first-order valence-corrected chi connectivity index (χ1v) is 8.04. The molecule has 0 spiro atoms. The fourth-order valence-corrected chi connectivity index (χ4v) is 1.44. The number of aliphatic hydroxyl groups is 1. The van der Waals surface area contributed by atoms with Crippen LogP contribution < -0.4 is 0 Å². The standard InChI is InChI=1S/C15H18O2.C5H8O3/c1-3-4-12-17-15(16)13(2)10-11-14-8-6-5-7-9-14;1-2-5(7)8-4-3-6/h5-11H,2-4,12H2,1H3;2,6H,1,3-4H2. The Morgan fingerprint density at radius 3 is 2.40 bits per heavy atom. The minimum absolute atomic E-state index is 0.0465. The van der Waals surface area contributed by atoms with Crippen molar-refractivity contribution >= 4 is 18.0 Å². The average molecular weight is 346 g/mol. The topological polar surface area (TPSA) is 72.8 Å². The third-order valence-corrected chi connectivity index (χ3v) is 2.77.